The van der Waals surface area contributed by atoms with Gasteiger partial charge in [0.1, 0.15) is 22.9 Å². The molecule has 4 aliphatic rings. The van der Waals surface area contributed by atoms with Gasteiger partial charge in [0, 0.05) is 24.2 Å². The number of aliphatic hydroxyl groups excluding tert-OH is 2. The van der Waals surface area contributed by atoms with Crippen LogP contribution >= 0.6 is 0 Å². The third-order valence-electron chi connectivity index (χ3n) is 10.4. The van der Waals surface area contributed by atoms with E-state index in [2.05, 4.69) is 43.0 Å². The molecule has 1 aliphatic heterocycles. The van der Waals surface area contributed by atoms with Gasteiger partial charge < -0.3 is 26.2 Å². The zero-order valence-electron chi connectivity index (χ0n) is 25.8. The van der Waals surface area contributed by atoms with E-state index in [1.807, 2.05) is 18.2 Å². The van der Waals surface area contributed by atoms with Crippen LogP contribution in [0.3, 0.4) is 0 Å². The van der Waals surface area contributed by atoms with E-state index in [-0.39, 0.29) is 34.0 Å². The van der Waals surface area contributed by atoms with E-state index in [4.69, 9.17) is 5.73 Å². The molecule has 1 heterocycles. The molecule has 3 aliphatic carbocycles. The third kappa shape index (κ3) is 4.48. The van der Waals surface area contributed by atoms with E-state index in [1.165, 1.54) is 13.0 Å². The van der Waals surface area contributed by atoms with Gasteiger partial charge in [-0.05, 0) is 93.9 Å². The second-order valence-corrected chi connectivity index (χ2v) is 13.3. The normalized spacial score (nSPS) is 31.8. The molecule has 6 rings (SSSR count). The summed E-state index contributed by atoms with van der Waals surface area (Å²) in [4.78, 5) is 30.8. The van der Waals surface area contributed by atoms with Gasteiger partial charge in [-0.15, -0.1) is 0 Å². The van der Waals surface area contributed by atoms with Crippen molar-refractivity contribution in [2.75, 3.05) is 14.1 Å². The first-order chi connectivity index (χ1) is 20.7. The maximum atomic E-state index is 14.2. The summed E-state index contributed by atoms with van der Waals surface area (Å²) in [6.07, 6.45) is 5.15. The van der Waals surface area contributed by atoms with Crippen LogP contribution in [0.4, 0.5) is 0 Å². The van der Waals surface area contributed by atoms with Crippen LogP contribution in [0.15, 0.2) is 71.2 Å². The van der Waals surface area contributed by atoms with E-state index in [9.17, 15) is 30.0 Å². The first-order valence-corrected chi connectivity index (χ1v) is 15.2. The molecule has 2 aromatic carbocycles. The highest BCUT2D eigenvalue weighted by molar-refractivity contribution is 6.14. The Kier molecular flexibility index (Phi) is 7.26. The van der Waals surface area contributed by atoms with Gasteiger partial charge in [0.25, 0.3) is 5.91 Å². The first kappa shape index (κ1) is 30.1. The van der Waals surface area contributed by atoms with Gasteiger partial charge in [-0.2, -0.15) is 0 Å². The number of likely N-dealkylation sites (N-methyl/N-ethyl adjacent to an activating group) is 1. The smallest absolute Gasteiger partial charge is 0.251 e. The summed E-state index contributed by atoms with van der Waals surface area (Å²) in [6, 6.07) is 11.5. The fourth-order valence-corrected chi connectivity index (χ4v) is 8.41. The van der Waals surface area contributed by atoms with Crippen molar-refractivity contribution in [3.8, 4) is 16.9 Å². The summed E-state index contributed by atoms with van der Waals surface area (Å²) in [5, 5.41) is 45.5. The van der Waals surface area contributed by atoms with Crippen LogP contribution in [0.2, 0.25) is 0 Å². The molecule has 6 N–H and O–H groups in total. The fourth-order valence-electron chi connectivity index (χ4n) is 8.41. The number of nitrogens with zero attached hydrogens (tertiary/aromatic N) is 2. The Morgan fingerprint density at radius 2 is 1.75 bits per heavy atom. The van der Waals surface area contributed by atoms with Crippen molar-refractivity contribution in [3.05, 3.63) is 87.9 Å². The van der Waals surface area contributed by atoms with Crippen LogP contribution in [-0.2, 0) is 17.8 Å². The zero-order chi connectivity index (χ0) is 31.8. The minimum absolute atomic E-state index is 0.132. The van der Waals surface area contributed by atoms with Gasteiger partial charge in [-0.25, -0.2) is 0 Å². The lowest BCUT2D eigenvalue weighted by Crippen LogP contribution is -2.59. The van der Waals surface area contributed by atoms with E-state index >= 15 is 0 Å². The molecule has 2 aromatic rings. The zero-order valence-corrected chi connectivity index (χ0v) is 25.8. The van der Waals surface area contributed by atoms with Crippen LogP contribution in [0.1, 0.15) is 48.7 Å². The first-order valence-electron chi connectivity index (χ1n) is 15.2. The summed E-state index contributed by atoms with van der Waals surface area (Å²) in [6.45, 7) is 6.47. The summed E-state index contributed by atoms with van der Waals surface area (Å²) >= 11 is 0. The predicted octanol–water partition coefficient (Wildman–Crippen LogP) is 4.00. The molecule has 1 amide bonds. The minimum atomic E-state index is -2.01. The van der Waals surface area contributed by atoms with Crippen LogP contribution in [0, 0.1) is 17.8 Å². The molecule has 44 heavy (non-hydrogen) atoms. The molecule has 7 atom stereocenters. The SMILES string of the molecule is CC1C=CC(C)N1Cc1cccc(-c2ccc(O)c3c2CC2CC4C(C(O)=C2C3=O)[C@@](C)(O)C(C(N)=O)=C(O)[C@H]4N(C)C)c1. The maximum Gasteiger partial charge on any atom is 0.251 e. The number of hydrogen-bond acceptors (Lipinski definition) is 8. The number of allylic oxidation sites excluding steroid dienone is 1. The number of phenolic OH excluding ortho intramolecular Hbond substituents is 1. The van der Waals surface area contributed by atoms with Crippen molar-refractivity contribution in [1.29, 1.82) is 0 Å². The van der Waals surface area contributed by atoms with E-state index in [1.54, 1.807) is 19.0 Å². The Morgan fingerprint density at radius 3 is 2.39 bits per heavy atom. The number of hydrogen-bond donors (Lipinski definition) is 5. The molecule has 9 nitrogen and oxygen atoms in total. The molecule has 0 bridgehead atoms. The summed E-state index contributed by atoms with van der Waals surface area (Å²) in [5.41, 5.74) is 7.12. The number of phenols is 1. The quantitative estimate of drug-likeness (QED) is 0.324. The van der Waals surface area contributed by atoms with Crippen molar-refractivity contribution in [2.24, 2.45) is 23.5 Å². The lowest BCUT2D eigenvalue weighted by molar-refractivity contribution is -0.120. The Hall–Kier alpha value is -3.92. The molecule has 0 saturated carbocycles. The average molecular weight is 600 g/mol. The minimum Gasteiger partial charge on any atom is -0.511 e. The van der Waals surface area contributed by atoms with E-state index < -0.39 is 41.1 Å². The number of aromatic hydroxyl groups is 1. The second kappa shape index (κ2) is 10.6. The van der Waals surface area contributed by atoms with Gasteiger partial charge in [0.2, 0.25) is 0 Å². The van der Waals surface area contributed by atoms with Gasteiger partial charge in [-0.3, -0.25) is 19.4 Å². The number of primary amides is 1. The average Bonchev–Trinajstić information content (AvgIpc) is 3.24. The number of aliphatic hydroxyl groups is 3. The number of nitrogens with two attached hydrogens (primary N) is 1. The van der Waals surface area contributed by atoms with Crippen LogP contribution in [-0.4, -0.2) is 79.7 Å². The van der Waals surface area contributed by atoms with Crippen molar-refractivity contribution < 1.29 is 30.0 Å². The lowest BCUT2D eigenvalue weighted by Gasteiger charge is -2.52. The molecule has 0 radical (unpaired) electrons. The third-order valence-corrected chi connectivity index (χ3v) is 10.4. The number of ketones is 1. The predicted molar refractivity (Wildman–Crippen MR) is 167 cm³/mol. The van der Waals surface area contributed by atoms with E-state index in [0.717, 1.165) is 23.2 Å². The number of carbonyl (C=O) groups excluding carboxylic acids is 2. The molecule has 0 fully saturated rings. The number of amides is 1. The van der Waals surface area contributed by atoms with Gasteiger partial charge in [0.05, 0.1) is 23.1 Å². The van der Waals surface area contributed by atoms with Crippen molar-refractivity contribution in [3.63, 3.8) is 0 Å². The highest BCUT2D eigenvalue weighted by Gasteiger charge is 2.59. The number of fused-ring (bicyclic) bond motifs is 3. The summed E-state index contributed by atoms with van der Waals surface area (Å²) in [5.74, 6) is -4.31. The summed E-state index contributed by atoms with van der Waals surface area (Å²) < 4.78 is 0. The molecule has 232 valence electrons. The number of rotatable bonds is 5. The van der Waals surface area contributed by atoms with Crippen molar-refractivity contribution >= 4 is 11.7 Å². The maximum absolute atomic E-state index is 14.2. The lowest BCUT2D eigenvalue weighted by atomic mass is 9.56. The van der Waals surface area contributed by atoms with Gasteiger partial charge in [-0.1, -0.05) is 36.4 Å². The largest absolute Gasteiger partial charge is 0.511 e. The highest BCUT2D eigenvalue weighted by Crippen LogP contribution is 2.55. The van der Waals surface area contributed by atoms with Crippen LogP contribution in [0.5, 0.6) is 5.75 Å². The Bertz CT molecular complexity index is 1640. The molecule has 9 heteroatoms. The fraction of sp³-hybridized carbons (Fsp3) is 0.429. The molecule has 0 spiro atoms. The Morgan fingerprint density at radius 1 is 1.07 bits per heavy atom. The van der Waals surface area contributed by atoms with Crippen molar-refractivity contribution in [2.45, 2.75) is 63.9 Å². The van der Waals surface area contributed by atoms with E-state index in [0.29, 0.717) is 30.5 Å². The van der Waals surface area contributed by atoms with Gasteiger partial charge >= 0.3 is 0 Å². The standard InChI is InChI=1S/C35H41N3O6/c1-17-9-10-18(2)38(17)16-19-7-6-8-20(13-19)22-11-12-25(39)27-23(22)14-21-15-24-28(32(41)26(21)31(27)40)35(3,44)29(34(36)43)33(42)30(24)37(4)5/h6-13,17-18,21,24,28,30,39,41-42,44H,14-16H2,1-5H3,(H2,36,43)/t17?,18?,21?,24?,28?,30-,35+/m0/s1. The Labute approximate surface area is 257 Å². The number of Topliss-reactive ketones (excluding diaryl/α,β-unsaturated/α-hetero) is 1. The topological polar surface area (TPSA) is 148 Å². The number of carbonyl (C=O) groups is 2. The number of benzene rings is 2. The Balaban J connectivity index is 1.44. The molecule has 0 aromatic heterocycles. The molecular formula is C35H41N3O6. The second-order valence-electron chi connectivity index (χ2n) is 13.3. The van der Waals surface area contributed by atoms with Crippen LogP contribution in [0.25, 0.3) is 11.1 Å². The molecule has 0 saturated heterocycles. The van der Waals surface area contributed by atoms with Crippen LogP contribution < -0.4 is 5.73 Å². The highest BCUT2D eigenvalue weighted by atomic mass is 16.3. The van der Waals surface area contributed by atoms with Gasteiger partial charge in [0.15, 0.2) is 5.78 Å². The monoisotopic (exact) mass is 599 g/mol. The molecule has 5 unspecified atom stereocenters. The summed E-state index contributed by atoms with van der Waals surface area (Å²) in [7, 11) is 3.49. The van der Waals surface area contributed by atoms with Crippen molar-refractivity contribution in [1.82, 2.24) is 9.80 Å². The molecular weight excluding hydrogens is 558 g/mol.